The fourth-order valence-electron chi connectivity index (χ4n) is 1.52. The topological polar surface area (TPSA) is 55.6 Å². The normalized spacial score (nSPS) is 10.7. The van der Waals surface area contributed by atoms with Crippen molar-refractivity contribution in [3.8, 4) is 0 Å². The molecule has 0 saturated heterocycles. The molecule has 0 unspecified atom stereocenters. The first-order valence-electron chi connectivity index (χ1n) is 5.71. The fourth-order valence-corrected chi connectivity index (χ4v) is 1.52. The Morgan fingerprint density at radius 2 is 2.18 bits per heavy atom. The first kappa shape index (κ1) is 11.7. The van der Waals surface area contributed by atoms with Crippen LogP contribution in [0, 0.1) is 6.92 Å². The van der Waals surface area contributed by atoms with E-state index >= 15 is 0 Å². The van der Waals surface area contributed by atoms with Gasteiger partial charge in [0.05, 0.1) is 5.69 Å². The van der Waals surface area contributed by atoms with Crippen LogP contribution >= 0.6 is 0 Å². The minimum absolute atomic E-state index is 0.785. The molecule has 5 heteroatoms. The molecular formula is C12H17N5. The number of rotatable bonds is 5. The van der Waals surface area contributed by atoms with Crippen molar-refractivity contribution in [2.24, 2.45) is 7.05 Å². The Morgan fingerprint density at radius 1 is 1.29 bits per heavy atom. The largest absolute Gasteiger partial charge is 0.311 e. The second-order valence-electron chi connectivity index (χ2n) is 4.09. The van der Waals surface area contributed by atoms with E-state index in [1.165, 1.54) is 5.56 Å². The number of aromatic nitrogens is 4. The Bertz CT molecular complexity index is 460. The number of hydrogen-bond acceptors (Lipinski definition) is 4. The summed E-state index contributed by atoms with van der Waals surface area (Å²) < 4.78 is 1.72. The molecule has 0 saturated carbocycles. The van der Waals surface area contributed by atoms with Gasteiger partial charge < -0.3 is 5.32 Å². The first-order valence-corrected chi connectivity index (χ1v) is 5.71. The van der Waals surface area contributed by atoms with E-state index < -0.39 is 0 Å². The maximum Gasteiger partial charge on any atom is 0.151 e. The van der Waals surface area contributed by atoms with Gasteiger partial charge in [0.15, 0.2) is 5.82 Å². The summed E-state index contributed by atoms with van der Waals surface area (Å²) in [6.45, 7) is 3.68. The van der Waals surface area contributed by atoms with Gasteiger partial charge in [0, 0.05) is 32.8 Å². The number of aryl methyl sites for hydroxylation is 2. The highest BCUT2D eigenvalue weighted by Gasteiger charge is 1.98. The summed E-state index contributed by atoms with van der Waals surface area (Å²) in [7, 11) is 1.88. The lowest BCUT2D eigenvalue weighted by Gasteiger charge is -2.02. The molecule has 2 heterocycles. The van der Waals surface area contributed by atoms with Gasteiger partial charge in [-0.05, 0) is 18.6 Å². The first-order chi connectivity index (χ1) is 8.24. The van der Waals surface area contributed by atoms with Crippen LogP contribution in [0.25, 0.3) is 0 Å². The smallest absolute Gasteiger partial charge is 0.151 e. The van der Waals surface area contributed by atoms with Gasteiger partial charge in [0.2, 0.25) is 0 Å². The monoisotopic (exact) mass is 231 g/mol. The molecule has 1 N–H and O–H groups in total. The summed E-state index contributed by atoms with van der Waals surface area (Å²) in [4.78, 5) is 8.50. The highest BCUT2D eigenvalue weighted by molar-refractivity contribution is 5.11. The summed E-state index contributed by atoms with van der Waals surface area (Å²) in [6, 6.07) is 4.12. The van der Waals surface area contributed by atoms with E-state index in [0.29, 0.717) is 0 Å². The highest BCUT2D eigenvalue weighted by Crippen LogP contribution is 1.97. The van der Waals surface area contributed by atoms with Crippen LogP contribution in [-0.4, -0.2) is 26.3 Å². The number of pyridine rings is 1. The third kappa shape index (κ3) is 3.64. The molecule has 2 rings (SSSR count). The van der Waals surface area contributed by atoms with Crippen molar-refractivity contribution in [3.63, 3.8) is 0 Å². The van der Waals surface area contributed by atoms with Gasteiger partial charge in [-0.25, -0.2) is 4.98 Å². The molecule has 0 fully saturated rings. The zero-order chi connectivity index (χ0) is 12.1. The van der Waals surface area contributed by atoms with E-state index in [1.54, 1.807) is 11.0 Å². The maximum atomic E-state index is 4.33. The molecular weight excluding hydrogens is 214 g/mol. The van der Waals surface area contributed by atoms with Crippen LogP contribution in [0.15, 0.2) is 24.7 Å². The van der Waals surface area contributed by atoms with Crippen LogP contribution < -0.4 is 5.32 Å². The SMILES string of the molecule is Cc1ccc(CNCCc2ncn(C)n2)nc1. The Hall–Kier alpha value is -1.75. The van der Waals surface area contributed by atoms with E-state index in [0.717, 1.165) is 31.0 Å². The molecule has 0 atom stereocenters. The molecule has 0 amide bonds. The summed E-state index contributed by atoms with van der Waals surface area (Å²) in [5.74, 6) is 0.872. The van der Waals surface area contributed by atoms with Crippen LogP contribution in [0.5, 0.6) is 0 Å². The molecule has 0 bridgehead atoms. The van der Waals surface area contributed by atoms with Gasteiger partial charge in [-0.2, -0.15) is 5.10 Å². The molecule has 0 aliphatic rings. The highest BCUT2D eigenvalue weighted by atomic mass is 15.3. The van der Waals surface area contributed by atoms with Crippen LogP contribution in [0.1, 0.15) is 17.1 Å². The second kappa shape index (κ2) is 5.54. The third-order valence-electron chi connectivity index (χ3n) is 2.45. The summed E-state index contributed by atoms with van der Waals surface area (Å²) >= 11 is 0. The molecule has 0 aromatic carbocycles. The minimum Gasteiger partial charge on any atom is -0.311 e. The van der Waals surface area contributed by atoms with Crippen LogP contribution in [0.2, 0.25) is 0 Å². The zero-order valence-electron chi connectivity index (χ0n) is 10.2. The van der Waals surface area contributed by atoms with Crippen molar-refractivity contribution >= 4 is 0 Å². The molecule has 2 aromatic rings. The van der Waals surface area contributed by atoms with Crippen molar-refractivity contribution in [1.29, 1.82) is 0 Å². The van der Waals surface area contributed by atoms with Gasteiger partial charge >= 0.3 is 0 Å². The maximum absolute atomic E-state index is 4.33. The van der Waals surface area contributed by atoms with Gasteiger partial charge in [0.1, 0.15) is 6.33 Å². The molecule has 17 heavy (non-hydrogen) atoms. The average molecular weight is 231 g/mol. The lowest BCUT2D eigenvalue weighted by Crippen LogP contribution is -2.18. The molecule has 2 aromatic heterocycles. The van der Waals surface area contributed by atoms with Crippen molar-refractivity contribution in [2.45, 2.75) is 19.9 Å². The molecule has 0 radical (unpaired) electrons. The standard InChI is InChI=1S/C12H17N5/c1-10-3-4-11(14-7-10)8-13-6-5-12-15-9-17(2)16-12/h3-4,7,9,13H,5-6,8H2,1-2H3. The summed E-state index contributed by atoms with van der Waals surface area (Å²) in [6.07, 6.45) is 4.45. The van der Waals surface area contributed by atoms with Gasteiger partial charge in [-0.15, -0.1) is 0 Å². The molecule has 0 aliphatic heterocycles. The number of nitrogens with zero attached hydrogens (tertiary/aromatic N) is 4. The predicted octanol–water partition coefficient (Wildman–Crippen LogP) is 0.851. The Labute approximate surface area is 101 Å². The molecule has 90 valence electrons. The fraction of sp³-hybridized carbons (Fsp3) is 0.417. The molecule has 0 spiro atoms. The van der Waals surface area contributed by atoms with Crippen molar-refractivity contribution < 1.29 is 0 Å². The van der Waals surface area contributed by atoms with Crippen LogP contribution in [0.4, 0.5) is 0 Å². The van der Waals surface area contributed by atoms with Gasteiger partial charge in [-0.1, -0.05) is 6.07 Å². The van der Waals surface area contributed by atoms with Crippen molar-refractivity contribution in [2.75, 3.05) is 6.54 Å². The van der Waals surface area contributed by atoms with Crippen molar-refractivity contribution in [1.82, 2.24) is 25.1 Å². The average Bonchev–Trinajstić information content (AvgIpc) is 2.73. The Kier molecular flexibility index (Phi) is 3.82. The van der Waals surface area contributed by atoms with E-state index in [4.69, 9.17) is 0 Å². The minimum atomic E-state index is 0.785. The molecule has 5 nitrogen and oxygen atoms in total. The predicted molar refractivity (Wildman–Crippen MR) is 65.4 cm³/mol. The van der Waals surface area contributed by atoms with Gasteiger partial charge in [-0.3, -0.25) is 9.67 Å². The Balaban J connectivity index is 1.71. The summed E-state index contributed by atoms with van der Waals surface area (Å²) in [5, 5.41) is 7.54. The molecule has 0 aliphatic carbocycles. The van der Waals surface area contributed by atoms with E-state index in [2.05, 4.69) is 26.4 Å². The second-order valence-corrected chi connectivity index (χ2v) is 4.09. The number of nitrogens with one attached hydrogen (secondary N) is 1. The number of hydrogen-bond donors (Lipinski definition) is 1. The lowest BCUT2D eigenvalue weighted by atomic mass is 10.3. The van der Waals surface area contributed by atoms with Crippen LogP contribution in [0.3, 0.4) is 0 Å². The lowest BCUT2D eigenvalue weighted by molar-refractivity contribution is 0.652. The van der Waals surface area contributed by atoms with E-state index in [9.17, 15) is 0 Å². The summed E-state index contributed by atoms with van der Waals surface area (Å²) in [5.41, 5.74) is 2.25. The van der Waals surface area contributed by atoms with Gasteiger partial charge in [0.25, 0.3) is 0 Å². The van der Waals surface area contributed by atoms with E-state index in [1.807, 2.05) is 26.2 Å². The van der Waals surface area contributed by atoms with Crippen LogP contribution in [-0.2, 0) is 20.0 Å². The Morgan fingerprint density at radius 3 is 2.82 bits per heavy atom. The van der Waals surface area contributed by atoms with Crippen molar-refractivity contribution in [3.05, 3.63) is 41.7 Å². The zero-order valence-corrected chi connectivity index (χ0v) is 10.2. The van der Waals surface area contributed by atoms with E-state index in [-0.39, 0.29) is 0 Å². The third-order valence-corrected chi connectivity index (χ3v) is 2.45. The quantitative estimate of drug-likeness (QED) is 0.775.